The lowest BCUT2D eigenvalue weighted by Crippen LogP contribution is -2.38. The molecule has 1 saturated carbocycles. The number of methoxy groups -OCH3 is 1. The Labute approximate surface area is 216 Å². The molecule has 35 heavy (non-hydrogen) atoms. The molecule has 1 aliphatic rings. The second-order valence-electron chi connectivity index (χ2n) is 8.41. The van der Waals surface area contributed by atoms with Gasteiger partial charge in [0, 0.05) is 23.1 Å². The zero-order valence-corrected chi connectivity index (χ0v) is 22.7. The van der Waals surface area contributed by atoms with E-state index in [-0.39, 0.29) is 23.0 Å². The summed E-state index contributed by atoms with van der Waals surface area (Å²) in [5, 5.41) is 0. The van der Waals surface area contributed by atoms with Gasteiger partial charge >= 0.3 is 5.97 Å². The first kappa shape index (κ1) is 25.7. The topological polar surface area (TPSA) is 98.0 Å². The summed E-state index contributed by atoms with van der Waals surface area (Å²) in [5.41, 5.74) is 1.01. The second-order valence-corrected chi connectivity index (χ2v) is 12.3. The highest BCUT2D eigenvalue weighted by molar-refractivity contribution is 9.10. The fourth-order valence-corrected chi connectivity index (χ4v) is 7.20. The predicted octanol–water partition coefficient (Wildman–Crippen LogP) is 4.33. The van der Waals surface area contributed by atoms with E-state index in [0.29, 0.717) is 4.80 Å². The minimum Gasteiger partial charge on any atom is -0.468 e. The molecule has 1 aliphatic carbocycles. The lowest BCUT2D eigenvalue weighted by molar-refractivity contribution is -0.141. The Hall–Kier alpha value is -2.34. The Balaban J connectivity index is 1.63. The largest absolute Gasteiger partial charge is 0.468 e. The number of thiazole rings is 1. The van der Waals surface area contributed by atoms with E-state index in [1.807, 2.05) is 18.2 Å². The lowest BCUT2D eigenvalue weighted by Gasteiger charge is -2.30. The van der Waals surface area contributed by atoms with Gasteiger partial charge in [-0.15, -0.1) is 0 Å². The van der Waals surface area contributed by atoms with E-state index in [1.54, 1.807) is 11.6 Å². The maximum Gasteiger partial charge on any atom is 0.325 e. The Morgan fingerprint density at radius 3 is 2.49 bits per heavy atom. The average Bonchev–Trinajstić information content (AvgIpc) is 3.19. The number of sulfonamides is 1. The molecule has 0 bridgehead atoms. The molecule has 0 saturated heterocycles. The molecule has 1 fully saturated rings. The number of fused-ring (bicyclic) bond motifs is 1. The summed E-state index contributed by atoms with van der Waals surface area (Å²) in [6.07, 6.45) is 4.93. The Morgan fingerprint density at radius 1 is 1.14 bits per heavy atom. The Morgan fingerprint density at radius 2 is 1.83 bits per heavy atom. The van der Waals surface area contributed by atoms with Gasteiger partial charge in [0.25, 0.3) is 5.91 Å². The highest BCUT2D eigenvalue weighted by Crippen LogP contribution is 2.27. The summed E-state index contributed by atoms with van der Waals surface area (Å²) in [4.78, 5) is 29.7. The van der Waals surface area contributed by atoms with E-state index in [2.05, 4.69) is 20.9 Å². The van der Waals surface area contributed by atoms with Gasteiger partial charge in [-0.2, -0.15) is 9.30 Å². The van der Waals surface area contributed by atoms with Crippen LogP contribution in [0.5, 0.6) is 0 Å². The van der Waals surface area contributed by atoms with Gasteiger partial charge < -0.3 is 9.30 Å². The third kappa shape index (κ3) is 5.58. The van der Waals surface area contributed by atoms with E-state index in [1.165, 1.54) is 47.0 Å². The summed E-state index contributed by atoms with van der Waals surface area (Å²) in [6.45, 7) is -0.0884. The molecule has 0 radical (unpaired) electrons. The molecule has 0 unspecified atom stereocenters. The van der Waals surface area contributed by atoms with E-state index >= 15 is 0 Å². The first-order valence-electron chi connectivity index (χ1n) is 11.2. The molecular weight excluding hydrogens is 554 g/mol. The lowest BCUT2D eigenvalue weighted by atomic mass is 9.96. The normalized spacial score (nSPS) is 15.6. The van der Waals surface area contributed by atoms with Gasteiger partial charge in [-0.1, -0.05) is 46.5 Å². The molecule has 0 N–H and O–H groups in total. The number of aromatic nitrogens is 1. The number of ether oxygens (including phenoxy) is 1. The van der Waals surface area contributed by atoms with Crippen LogP contribution in [-0.2, 0) is 26.1 Å². The Kier molecular flexibility index (Phi) is 7.89. The van der Waals surface area contributed by atoms with Crippen molar-refractivity contribution >= 4 is 59.4 Å². The fourth-order valence-electron chi connectivity index (χ4n) is 4.21. The van der Waals surface area contributed by atoms with Crippen LogP contribution in [0.1, 0.15) is 42.5 Å². The fraction of sp³-hybridized carbons (Fsp3) is 0.375. The van der Waals surface area contributed by atoms with Crippen LogP contribution in [0.4, 0.5) is 0 Å². The van der Waals surface area contributed by atoms with E-state index in [9.17, 15) is 18.0 Å². The van der Waals surface area contributed by atoms with Crippen LogP contribution in [0.15, 0.2) is 56.8 Å². The molecule has 1 aromatic heterocycles. The maximum absolute atomic E-state index is 13.1. The van der Waals surface area contributed by atoms with Crippen molar-refractivity contribution < 1.29 is 22.7 Å². The molecule has 0 atom stereocenters. The summed E-state index contributed by atoms with van der Waals surface area (Å²) in [7, 11) is -0.723. The molecule has 2 aromatic carbocycles. The number of carbonyl (C=O) groups excluding carboxylic acids is 2. The van der Waals surface area contributed by atoms with Crippen LogP contribution in [0.3, 0.4) is 0 Å². The van der Waals surface area contributed by atoms with Crippen molar-refractivity contribution in [1.29, 1.82) is 0 Å². The summed E-state index contributed by atoms with van der Waals surface area (Å²) >= 11 is 4.71. The quantitative estimate of drug-likeness (QED) is 0.405. The smallest absolute Gasteiger partial charge is 0.325 e. The van der Waals surface area contributed by atoms with Gasteiger partial charge in [-0.3, -0.25) is 9.59 Å². The summed E-state index contributed by atoms with van der Waals surface area (Å²) < 4.78 is 35.8. The van der Waals surface area contributed by atoms with Crippen molar-refractivity contribution in [3.05, 3.63) is 57.3 Å². The number of carbonyl (C=O) groups is 2. The highest BCUT2D eigenvalue weighted by atomic mass is 79.9. The molecule has 4 rings (SSSR count). The number of nitrogens with zero attached hydrogens (tertiary/aromatic N) is 3. The van der Waals surface area contributed by atoms with Gasteiger partial charge in [-0.25, -0.2) is 8.42 Å². The van der Waals surface area contributed by atoms with Crippen molar-refractivity contribution in [3.8, 4) is 0 Å². The van der Waals surface area contributed by atoms with Crippen molar-refractivity contribution in [2.75, 3.05) is 14.2 Å². The highest BCUT2D eigenvalue weighted by Gasteiger charge is 2.29. The van der Waals surface area contributed by atoms with E-state index in [4.69, 9.17) is 4.74 Å². The monoisotopic (exact) mass is 579 g/mol. The zero-order valence-electron chi connectivity index (χ0n) is 19.4. The van der Waals surface area contributed by atoms with Gasteiger partial charge in [0.15, 0.2) is 4.80 Å². The molecule has 8 nitrogen and oxygen atoms in total. The van der Waals surface area contributed by atoms with Crippen molar-refractivity contribution in [3.63, 3.8) is 0 Å². The molecule has 3 aromatic rings. The van der Waals surface area contributed by atoms with Crippen LogP contribution in [0.25, 0.3) is 10.2 Å². The summed E-state index contributed by atoms with van der Waals surface area (Å²) in [5.74, 6) is -0.989. The molecule has 1 amide bonds. The van der Waals surface area contributed by atoms with Crippen molar-refractivity contribution in [2.45, 2.75) is 49.6 Å². The summed E-state index contributed by atoms with van der Waals surface area (Å²) in [6, 6.07) is 11.4. The molecule has 0 spiro atoms. The van der Waals surface area contributed by atoms with Crippen LogP contribution >= 0.6 is 27.3 Å². The van der Waals surface area contributed by atoms with Gasteiger partial charge in [0.05, 0.1) is 22.2 Å². The third-order valence-electron chi connectivity index (χ3n) is 6.22. The maximum atomic E-state index is 13.1. The van der Waals surface area contributed by atoms with E-state index in [0.717, 1.165) is 46.8 Å². The number of hydrogen-bond acceptors (Lipinski definition) is 6. The van der Waals surface area contributed by atoms with Crippen LogP contribution in [-0.4, -0.2) is 49.4 Å². The molecular formula is C24H26BrN3O5S2. The van der Waals surface area contributed by atoms with E-state index < -0.39 is 21.9 Å². The van der Waals surface area contributed by atoms with Gasteiger partial charge in [0.1, 0.15) is 6.54 Å². The Bertz CT molecular complexity index is 1420. The van der Waals surface area contributed by atoms with Crippen LogP contribution < -0.4 is 4.80 Å². The first-order valence-corrected chi connectivity index (χ1v) is 14.3. The third-order valence-corrected chi connectivity index (χ3v) is 9.68. The average molecular weight is 581 g/mol. The minimum atomic E-state index is -3.65. The van der Waals surface area contributed by atoms with Crippen LogP contribution in [0.2, 0.25) is 0 Å². The standard InChI is InChI=1S/C24H26BrN3O5S2/c1-27(18-6-4-3-5-7-18)35(31,32)19-11-8-16(9-12-19)23(30)26-24-28(15-22(29)33-2)20-13-10-17(25)14-21(20)34-24/h8-14,18H,3-7,15H2,1-2H3. The first-order chi connectivity index (χ1) is 16.7. The van der Waals surface area contributed by atoms with Crippen molar-refractivity contribution in [1.82, 2.24) is 8.87 Å². The molecule has 186 valence electrons. The molecule has 11 heteroatoms. The number of hydrogen-bond donors (Lipinski definition) is 0. The number of rotatable bonds is 6. The van der Waals surface area contributed by atoms with Crippen LogP contribution in [0, 0.1) is 0 Å². The SMILES string of the molecule is COC(=O)Cn1c(=NC(=O)c2ccc(S(=O)(=O)N(C)C3CCCCC3)cc2)sc2cc(Br)ccc21. The zero-order chi connectivity index (χ0) is 25.2. The molecule has 0 aliphatic heterocycles. The second kappa shape index (κ2) is 10.7. The number of benzene rings is 2. The number of halogens is 1. The number of esters is 1. The molecule has 1 heterocycles. The van der Waals surface area contributed by atoms with Gasteiger partial charge in [0.2, 0.25) is 10.0 Å². The van der Waals surface area contributed by atoms with Gasteiger partial charge in [-0.05, 0) is 55.3 Å². The van der Waals surface area contributed by atoms with Crippen molar-refractivity contribution in [2.24, 2.45) is 4.99 Å². The predicted molar refractivity (Wildman–Crippen MR) is 138 cm³/mol. The number of amides is 1. The minimum absolute atomic E-state index is 0.00307.